The van der Waals surface area contributed by atoms with Crippen molar-refractivity contribution in [3.05, 3.63) is 0 Å². The van der Waals surface area contributed by atoms with Gasteiger partial charge in [0.2, 0.25) is 0 Å². The van der Waals surface area contributed by atoms with Crippen molar-refractivity contribution in [3.63, 3.8) is 0 Å². The van der Waals surface area contributed by atoms with Crippen LogP contribution < -0.4 is 0 Å². The van der Waals surface area contributed by atoms with Crippen molar-refractivity contribution in [2.45, 2.75) is 64.8 Å². The third-order valence-corrected chi connectivity index (χ3v) is 2.04. The predicted molar refractivity (Wildman–Crippen MR) is 58.4 cm³/mol. The van der Waals surface area contributed by atoms with Gasteiger partial charge in [-0.05, 0) is 33.1 Å². The molecule has 6 heteroatoms. The fraction of sp³-hybridized carbons (Fsp3) is 1.00. The summed E-state index contributed by atoms with van der Waals surface area (Å²) in [4.78, 5) is 0. The molecule has 5 nitrogen and oxygen atoms in total. The number of aliphatic hydroxyl groups excluding tert-OH is 2. The Hall–Kier alpha value is 0.514. The van der Waals surface area contributed by atoms with Crippen LogP contribution in [0, 0.1) is 0 Å². The van der Waals surface area contributed by atoms with E-state index in [2.05, 4.69) is 0 Å². The van der Waals surface area contributed by atoms with E-state index in [9.17, 15) is 5.11 Å². The van der Waals surface area contributed by atoms with Crippen molar-refractivity contribution in [1.82, 2.24) is 0 Å². The van der Waals surface area contributed by atoms with E-state index < -0.39 is 6.29 Å². The maximum Gasteiger partial charge on any atom is 4.00 e. The number of ether oxygens (including phenoxy) is 1. The Balaban J connectivity index is -0.000000282. The van der Waals surface area contributed by atoms with Gasteiger partial charge >= 0.3 is 21.7 Å². The van der Waals surface area contributed by atoms with E-state index in [0.717, 1.165) is 38.5 Å². The summed E-state index contributed by atoms with van der Waals surface area (Å²) in [6.45, 7) is 4.13. The zero-order valence-corrected chi connectivity index (χ0v) is 12.3. The van der Waals surface area contributed by atoms with Gasteiger partial charge in [0.05, 0.1) is 6.10 Å². The Morgan fingerprint density at radius 3 is 1.88 bits per heavy atom. The summed E-state index contributed by atoms with van der Waals surface area (Å²) in [7, 11) is 0. The fourth-order valence-corrected chi connectivity index (χ4v) is 1.34. The number of rotatable bonds is 9. The minimum absolute atomic E-state index is 0. The second kappa shape index (κ2) is 18.9. The van der Waals surface area contributed by atoms with Gasteiger partial charge in [-0.25, -0.2) is 0 Å². The maximum absolute atomic E-state index is 9.36. The van der Waals surface area contributed by atoms with Gasteiger partial charge in [-0.3, -0.25) is 0 Å². The molecule has 1 unspecified atom stereocenters. The summed E-state index contributed by atoms with van der Waals surface area (Å²) in [5, 5.41) is 17.9. The Morgan fingerprint density at radius 1 is 0.941 bits per heavy atom. The van der Waals surface area contributed by atoms with Crippen LogP contribution in [0.25, 0.3) is 0 Å². The molecule has 0 bridgehead atoms. The zero-order chi connectivity index (χ0) is 10.8. The molecule has 0 amide bonds. The molecule has 0 aliphatic carbocycles. The minimum Gasteiger partial charge on any atom is -2.00 e. The minimum atomic E-state index is -0.604. The van der Waals surface area contributed by atoms with Crippen LogP contribution in [-0.2, 0) is 37.4 Å². The summed E-state index contributed by atoms with van der Waals surface area (Å²) in [5.74, 6) is 0. The topological polar surface area (TPSA) is 107 Å². The summed E-state index contributed by atoms with van der Waals surface area (Å²) < 4.78 is 5.19. The van der Waals surface area contributed by atoms with Gasteiger partial charge in [0.25, 0.3) is 0 Å². The molecular weight excluding hydrogens is 260 g/mol. The third-order valence-electron chi connectivity index (χ3n) is 2.04. The molecule has 17 heavy (non-hydrogen) atoms. The van der Waals surface area contributed by atoms with Crippen LogP contribution in [0.4, 0.5) is 0 Å². The van der Waals surface area contributed by atoms with Crippen molar-refractivity contribution < 1.29 is 47.6 Å². The SMILES string of the molecule is CC(C)OC(O)CCCCCCCO.[O-2].[O-2].[Ti+4]. The van der Waals surface area contributed by atoms with Gasteiger partial charge in [-0.1, -0.05) is 19.3 Å². The Morgan fingerprint density at radius 2 is 1.41 bits per heavy atom. The predicted octanol–water partition coefficient (Wildman–Crippen LogP) is 1.82. The normalized spacial score (nSPS) is 11.1. The summed E-state index contributed by atoms with van der Waals surface area (Å²) in [6, 6.07) is 0. The van der Waals surface area contributed by atoms with Gasteiger partial charge in [0.15, 0.2) is 6.29 Å². The Bertz CT molecular complexity index is 124. The fourth-order valence-electron chi connectivity index (χ4n) is 1.34. The van der Waals surface area contributed by atoms with Crippen molar-refractivity contribution in [1.29, 1.82) is 0 Å². The second-order valence-electron chi connectivity index (χ2n) is 3.92. The zero-order valence-electron chi connectivity index (χ0n) is 10.7. The first-order chi connectivity index (χ1) is 6.66. The molecule has 102 valence electrons. The average Bonchev–Trinajstić information content (AvgIpc) is 2.10. The van der Waals surface area contributed by atoms with Gasteiger partial charge < -0.3 is 25.9 Å². The van der Waals surface area contributed by atoms with Crippen LogP contribution in [0.3, 0.4) is 0 Å². The van der Waals surface area contributed by atoms with E-state index in [0.29, 0.717) is 6.61 Å². The largest absolute Gasteiger partial charge is 4.00 e. The van der Waals surface area contributed by atoms with E-state index in [4.69, 9.17) is 9.84 Å². The quantitative estimate of drug-likeness (QED) is 0.383. The number of unbranched alkanes of at least 4 members (excludes halogenated alkanes) is 4. The van der Waals surface area contributed by atoms with Gasteiger partial charge in [0, 0.05) is 6.61 Å². The first-order valence-corrected chi connectivity index (χ1v) is 5.61. The van der Waals surface area contributed by atoms with Crippen molar-refractivity contribution >= 4 is 0 Å². The first kappa shape index (κ1) is 26.2. The monoisotopic (exact) mass is 284 g/mol. The first-order valence-electron chi connectivity index (χ1n) is 5.61. The molecule has 0 saturated heterocycles. The maximum atomic E-state index is 9.36. The van der Waals surface area contributed by atoms with E-state index >= 15 is 0 Å². The van der Waals surface area contributed by atoms with Gasteiger partial charge in [-0.15, -0.1) is 0 Å². The van der Waals surface area contributed by atoms with Crippen molar-refractivity contribution in [2.24, 2.45) is 0 Å². The van der Waals surface area contributed by atoms with E-state index in [1.54, 1.807) is 0 Å². The molecular formula is C11H24O5Ti. The number of hydrogen-bond acceptors (Lipinski definition) is 3. The Labute approximate surface area is 119 Å². The van der Waals surface area contributed by atoms with Crippen LogP contribution in [0.1, 0.15) is 52.4 Å². The summed E-state index contributed by atoms with van der Waals surface area (Å²) in [6.07, 6.45) is 5.43. The van der Waals surface area contributed by atoms with Crippen LogP contribution in [0.2, 0.25) is 0 Å². The molecule has 0 fully saturated rings. The van der Waals surface area contributed by atoms with Crippen LogP contribution in [0.15, 0.2) is 0 Å². The molecule has 1 atom stereocenters. The molecule has 0 aliphatic heterocycles. The molecule has 0 rings (SSSR count). The molecule has 0 aromatic heterocycles. The van der Waals surface area contributed by atoms with E-state index in [-0.39, 0.29) is 38.8 Å². The van der Waals surface area contributed by atoms with Crippen LogP contribution >= 0.6 is 0 Å². The standard InChI is InChI=1S/C11H24O3.2O.Ti/c1-10(2)14-11(13)8-6-4-3-5-7-9-12;;;/h10-13H,3-9H2,1-2H3;;;/q;2*-2;+4. The molecule has 0 heterocycles. The van der Waals surface area contributed by atoms with Crippen LogP contribution in [-0.4, -0.2) is 29.2 Å². The van der Waals surface area contributed by atoms with Crippen LogP contribution in [0.5, 0.6) is 0 Å². The Kier molecular flexibility index (Phi) is 29.0. The molecule has 0 aromatic rings. The summed E-state index contributed by atoms with van der Waals surface area (Å²) >= 11 is 0. The van der Waals surface area contributed by atoms with Crippen molar-refractivity contribution in [3.8, 4) is 0 Å². The van der Waals surface area contributed by atoms with Gasteiger partial charge in [0.1, 0.15) is 0 Å². The third kappa shape index (κ3) is 22.2. The molecule has 0 aliphatic rings. The number of aliphatic hydroxyl groups is 2. The average molecular weight is 284 g/mol. The van der Waals surface area contributed by atoms with Crippen molar-refractivity contribution in [2.75, 3.05) is 6.61 Å². The number of hydrogen-bond donors (Lipinski definition) is 2. The molecule has 0 saturated carbocycles. The molecule has 0 aromatic carbocycles. The molecule has 0 spiro atoms. The van der Waals surface area contributed by atoms with E-state index in [1.807, 2.05) is 13.8 Å². The second-order valence-corrected chi connectivity index (χ2v) is 3.92. The smallest absolute Gasteiger partial charge is 2.00 e. The summed E-state index contributed by atoms with van der Waals surface area (Å²) in [5.41, 5.74) is 0. The molecule has 2 N–H and O–H groups in total. The van der Waals surface area contributed by atoms with E-state index in [1.165, 1.54) is 0 Å². The van der Waals surface area contributed by atoms with Gasteiger partial charge in [-0.2, -0.15) is 0 Å². The molecule has 0 radical (unpaired) electrons.